The number of likely N-dealkylation sites (tertiary alicyclic amines) is 1. The molecule has 2 aliphatic rings. The van der Waals surface area contributed by atoms with Gasteiger partial charge in [-0.15, -0.1) is 0 Å². The first-order chi connectivity index (χ1) is 15.7. The number of rotatable bonds is 4. The second-order valence-electron chi connectivity index (χ2n) is 8.54. The maximum atomic E-state index is 13.3. The fourth-order valence-electron chi connectivity index (χ4n) is 4.63. The Hall–Kier alpha value is -3.34. The number of ether oxygens (including phenoxy) is 2. The van der Waals surface area contributed by atoms with Gasteiger partial charge in [-0.25, -0.2) is 0 Å². The lowest BCUT2D eigenvalue weighted by Crippen LogP contribution is -2.32. The third-order valence-corrected chi connectivity index (χ3v) is 6.16. The number of amides is 1. The van der Waals surface area contributed by atoms with E-state index in [9.17, 15) is 4.79 Å². The van der Waals surface area contributed by atoms with Crippen LogP contribution in [0.25, 0.3) is 11.1 Å². The molecule has 1 amide bonds. The zero-order chi connectivity index (χ0) is 21.9. The second-order valence-corrected chi connectivity index (χ2v) is 8.54. The molecule has 0 radical (unpaired) electrons. The summed E-state index contributed by atoms with van der Waals surface area (Å²) in [6.45, 7) is 4.09. The van der Waals surface area contributed by atoms with Crippen LogP contribution < -0.4 is 9.47 Å². The van der Waals surface area contributed by atoms with Gasteiger partial charge in [-0.3, -0.25) is 9.78 Å². The second kappa shape index (κ2) is 9.03. The van der Waals surface area contributed by atoms with E-state index < -0.39 is 0 Å². The van der Waals surface area contributed by atoms with Crippen LogP contribution in [-0.4, -0.2) is 35.5 Å². The van der Waals surface area contributed by atoms with Crippen molar-refractivity contribution in [1.82, 2.24) is 9.88 Å². The molecule has 5 nitrogen and oxygen atoms in total. The maximum absolute atomic E-state index is 13.3. The third kappa shape index (κ3) is 4.33. The van der Waals surface area contributed by atoms with Gasteiger partial charge in [0.15, 0.2) is 11.5 Å². The molecule has 32 heavy (non-hydrogen) atoms. The maximum Gasteiger partial charge on any atom is 0.227 e. The number of carbonyl (C=O) groups excluding carboxylic acids is 1. The van der Waals surface area contributed by atoms with Crippen molar-refractivity contribution in [2.75, 3.05) is 19.8 Å². The van der Waals surface area contributed by atoms with E-state index in [1.165, 1.54) is 5.56 Å². The van der Waals surface area contributed by atoms with Crippen LogP contribution in [-0.2, 0) is 11.2 Å². The van der Waals surface area contributed by atoms with Gasteiger partial charge in [0.1, 0.15) is 0 Å². The third-order valence-electron chi connectivity index (χ3n) is 6.16. The van der Waals surface area contributed by atoms with Gasteiger partial charge in [-0.2, -0.15) is 0 Å². The highest BCUT2D eigenvalue weighted by Gasteiger charge is 2.31. The van der Waals surface area contributed by atoms with Gasteiger partial charge in [-0.05, 0) is 60.7 Å². The monoisotopic (exact) mass is 428 g/mol. The Kier molecular flexibility index (Phi) is 5.80. The highest BCUT2D eigenvalue weighted by Crippen LogP contribution is 2.35. The van der Waals surface area contributed by atoms with Crippen molar-refractivity contribution in [3.05, 3.63) is 77.6 Å². The SMILES string of the molecule is Cc1cc(-c2ccccc2)cc(C2CCCN2C(=O)Cc2ccc3c(c2)OCCCO3)n1. The van der Waals surface area contributed by atoms with Crippen LogP contribution in [0.5, 0.6) is 11.5 Å². The van der Waals surface area contributed by atoms with Crippen LogP contribution >= 0.6 is 0 Å². The van der Waals surface area contributed by atoms with E-state index in [-0.39, 0.29) is 11.9 Å². The van der Waals surface area contributed by atoms with Crippen molar-refractivity contribution in [3.63, 3.8) is 0 Å². The van der Waals surface area contributed by atoms with E-state index in [0.717, 1.165) is 59.8 Å². The Morgan fingerprint density at radius 3 is 2.62 bits per heavy atom. The molecule has 0 saturated carbocycles. The number of carbonyl (C=O) groups is 1. The predicted molar refractivity (Wildman–Crippen MR) is 124 cm³/mol. The molecule has 0 N–H and O–H groups in total. The lowest BCUT2D eigenvalue weighted by molar-refractivity contribution is -0.131. The molecule has 2 aliphatic heterocycles. The average molecular weight is 429 g/mol. The number of hydrogen-bond acceptors (Lipinski definition) is 4. The molecule has 3 aromatic rings. The Balaban J connectivity index is 1.36. The van der Waals surface area contributed by atoms with Crippen molar-refractivity contribution in [3.8, 4) is 22.6 Å². The quantitative estimate of drug-likeness (QED) is 0.578. The topological polar surface area (TPSA) is 51.7 Å². The van der Waals surface area contributed by atoms with Gasteiger partial charge in [0.05, 0.1) is 31.4 Å². The molecule has 1 unspecified atom stereocenters. The van der Waals surface area contributed by atoms with E-state index in [2.05, 4.69) is 24.3 Å². The molecule has 1 fully saturated rings. The lowest BCUT2D eigenvalue weighted by atomic mass is 10.0. The summed E-state index contributed by atoms with van der Waals surface area (Å²) in [5, 5.41) is 0. The first-order valence-electron chi connectivity index (χ1n) is 11.4. The Morgan fingerprint density at radius 2 is 1.78 bits per heavy atom. The van der Waals surface area contributed by atoms with E-state index in [1.807, 2.05) is 48.2 Å². The molecule has 1 saturated heterocycles. The van der Waals surface area contributed by atoms with Gasteiger partial charge < -0.3 is 14.4 Å². The molecule has 1 atom stereocenters. The van der Waals surface area contributed by atoms with Crippen molar-refractivity contribution in [2.45, 2.75) is 38.6 Å². The van der Waals surface area contributed by atoms with E-state index in [0.29, 0.717) is 19.6 Å². The highest BCUT2D eigenvalue weighted by molar-refractivity contribution is 5.80. The molecule has 1 aromatic heterocycles. The number of hydrogen-bond donors (Lipinski definition) is 0. The van der Waals surface area contributed by atoms with E-state index in [4.69, 9.17) is 14.5 Å². The van der Waals surface area contributed by atoms with Gasteiger partial charge >= 0.3 is 0 Å². The van der Waals surface area contributed by atoms with Crippen LogP contribution in [0, 0.1) is 6.92 Å². The van der Waals surface area contributed by atoms with Gasteiger partial charge in [-0.1, -0.05) is 36.4 Å². The standard InChI is InChI=1S/C27H28N2O3/c1-19-15-22(21-7-3-2-4-8-21)18-23(28-19)24-9-5-12-29(24)27(30)17-20-10-11-25-26(16-20)32-14-6-13-31-25/h2-4,7-8,10-11,15-16,18,24H,5-6,9,12-14,17H2,1H3. The van der Waals surface area contributed by atoms with Crippen LogP contribution in [0.2, 0.25) is 0 Å². The van der Waals surface area contributed by atoms with Crippen LogP contribution in [0.3, 0.4) is 0 Å². The molecule has 164 valence electrons. The minimum atomic E-state index is 0.0188. The molecule has 5 heteroatoms. The molecule has 0 bridgehead atoms. The zero-order valence-corrected chi connectivity index (χ0v) is 18.4. The van der Waals surface area contributed by atoms with Crippen molar-refractivity contribution >= 4 is 5.91 Å². The van der Waals surface area contributed by atoms with Crippen LogP contribution in [0.4, 0.5) is 0 Å². The lowest BCUT2D eigenvalue weighted by Gasteiger charge is -2.25. The zero-order valence-electron chi connectivity index (χ0n) is 18.4. The van der Waals surface area contributed by atoms with Crippen LogP contribution in [0.15, 0.2) is 60.7 Å². The normalized spacial score (nSPS) is 17.8. The highest BCUT2D eigenvalue weighted by atomic mass is 16.5. The average Bonchev–Trinajstić information content (AvgIpc) is 3.19. The summed E-state index contributed by atoms with van der Waals surface area (Å²) in [7, 11) is 0. The molecule has 0 aliphatic carbocycles. The van der Waals surface area contributed by atoms with Crippen molar-refractivity contribution in [2.24, 2.45) is 0 Å². The molecule has 2 aromatic carbocycles. The summed E-state index contributed by atoms with van der Waals surface area (Å²) in [6, 6.07) is 20.4. The summed E-state index contributed by atoms with van der Waals surface area (Å²) < 4.78 is 11.5. The van der Waals surface area contributed by atoms with Gasteiger partial charge in [0, 0.05) is 18.7 Å². The summed E-state index contributed by atoms with van der Waals surface area (Å²) >= 11 is 0. The number of pyridine rings is 1. The predicted octanol–water partition coefficient (Wildman–Crippen LogP) is 5.12. The Morgan fingerprint density at radius 1 is 0.969 bits per heavy atom. The fourth-order valence-corrected chi connectivity index (χ4v) is 4.63. The smallest absolute Gasteiger partial charge is 0.227 e. The number of aromatic nitrogens is 1. The van der Waals surface area contributed by atoms with E-state index >= 15 is 0 Å². The minimum absolute atomic E-state index is 0.0188. The van der Waals surface area contributed by atoms with Crippen molar-refractivity contribution in [1.29, 1.82) is 0 Å². The number of aryl methyl sites for hydroxylation is 1. The van der Waals surface area contributed by atoms with Crippen molar-refractivity contribution < 1.29 is 14.3 Å². The summed E-state index contributed by atoms with van der Waals surface area (Å²) in [6.07, 6.45) is 3.16. The summed E-state index contributed by atoms with van der Waals surface area (Å²) in [4.78, 5) is 20.1. The molecular weight excluding hydrogens is 400 g/mol. The first kappa shape index (κ1) is 20.6. The van der Waals surface area contributed by atoms with Crippen LogP contribution in [0.1, 0.15) is 42.3 Å². The minimum Gasteiger partial charge on any atom is -0.490 e. The summed E-state index contributed by atoms with van der Waals surface area (Å²) in [5.74, 6) is 1.63. The number of benzene rings is 2. The largest absolute Gasteiger partial charge is 0.490 e. The fraction of sp³-hybridized carbons (Fsp3) is 0.333. The Labute approximate surface area is 189 Å². The molecule has 3 heterocycles. The molecule has 5 rings (SSSR count). The number of nitrogens with zero attached hydrogens (tertiary/aromatic N) is 2. The molecular formula is C27H28N2O3. The summed E-state index contributed by atoms with van der Waals surface area (Å²) in [5.41, 5.74) is 5.22. The molecule has 0 spiro atoms. The Bertz CT molecular complexity index is 1110. The van der Waals surface area contributed by atoms with Gasteiger partial charge in [0.25, 0.3) is 0 Å². The van der Waals surface area contributed by atoms with E-state index in [1.54, 1.807) is 0 Å². The number of fused-ring (bicyclic) bond motifs is 1. The van der Waals surface area contributed by atoms with Gasteiger partial charge in [0.2, 0.25) is 5.91 Å². The first-order valence-corrected chi connectivity index (χ1v) is 11.4.